The summed E-state index contributed by atoms with van der Waals surface area (Å²) in [7, 11) is 1.34. The molecule has 0 saturated carbocycles. The van der Waals surface area contributed by atoms with Crippen molar-refractivity contribution in [1.82, 2.24) is 14.5 Å². The molecule has 3 rings (SSSR count). The minimum absolute atomic E-state index is 0.653. The van der Waals surface area contributed by atoms with Crippen LogP contribution in [-0.4, -0.2) is 80.6 Å². The largest absolute Gasteiger partial charge is 0.497 e. The van der Waals surface area contributed by atoms with Crippen LogP contribution in [-0.2, 0) is 4.57 Å². The molecule has 2 fully saturated rings. The van der Waals surface area contributed by atoms with Gasteiger partial charge in [0.05, 0.1) is 7.11 Å². The molecule has 2 aliphatic rings. The maximum atomic E-state index is 13.4. The van der Waals surface area contributed by atoms with E-state index < -0.39 is 7.29 Å². The van der Waals surface area contributed by atoms with Crippen molar-refractivity contribution in [1.29, 1.82) is 0 Å². The highest BCUT2D eigenvalue weighted by Gasteiger charge is 2.33. The van der Waals surface area contributed by atoms with E-state index in [1.54, 1.807) is 7.11 Å². The highest BCUT2D eigenvalue weighted by molar-refractivity contribution is 7.68. The summed E-state index contributed by atoms with van der Waals surface area (Å²) in [4.78, 5) is 5.03. The third-order valence-corrected chi connectivity index (χ3v) is 8.28. The number of methoxy groups -OCH3 is 1. The Morgan fingerprint density at radius 1 is 1.08 bits per heavy atom. The molecule has 0 bridgehead atoms. The van der Waals surface area contributed by atoms with Crippen molar-refractivity contribution in [2.75, 3.05) is 60.1 Å². The van der Waals surface area contributed by atoms with Gasteiger partial charge in [-0.05, 0) is 38.1 Å². The third-order valence-electron chi connectivity index (χ3n) is 5.57. The number of ether oxygens (including phenoxy) is 1. The second-order valence-electron chi connectivity index (χ2n) is 7.10. The monoisotopic (exact) mass is 351 g/mol. The third kappa shape index (κ3) is 3.85. The molecule has 1 aromatic rings. The molecule has 134 valence electrons. The number of likely N-dealkylation sites (N-methyl/N-ethyl adjacent to an activating group) is 1. The van der Waals surface area contributed by atoms with E-state index in [9.17, 15) is 4.57 Å². The summed E-state index contributed by atoms with van der Waals surface area (Å²) < 4.78 is 20.9. The van der Waals surface area contributed by atoms with Crippen LogP contribution in [0, 0.1) is 0 Å². The number of piperazine rings is 1. The quantitative estimate of drug-likeness (QED) is 0.775. The lowest BCUT2D eigenvalue weighted by molar-refractivity contribution is 0.0836. The number of piperidine rings is 1. The van der Waals surface area contributed by atoms with Crippen molar-refractivity contribution in [3.63, 3.8) is 0 Å². The Hall–Kier alpha value is -0.870. The zero-order chi connectivity index (χ0) is 17.2. The first-order chi connectivity index (χ1) is 11.5. The van der Waals surface area contributed by atoms with Crippen LogP contribution in [0.4, 0.5) is 0 Å². The average molecular weight is 351 g/mol. The topological polar surface area (TPSA) is 36.0 Å². The van der Waals surface area contributed by atoms with E-state index in [0.29, 0.717) is 6.04 Å². The zero-order valence-electron chi connectivity index (χ0n) is 15.1. The lowest BCUT2D eigenvalue weighted by Gasteiger charge is -2.43. The van der Waals surface area contributed by atoms with Crippen LogP contribution in [0.1, 0.15) is 12.8 Å². The predicted octanol–water partition coefficient (Wildman–Crippen LogP) is 1.94. The molecule has 2 aliphatic heterocycles. The summed E-state index contributed by atoms with van der Waals surface area (Å²) in [5, 5.41) is 0.903. The van der Waals surface area contributed by atoms with Gasteiger partial charge in [-0.1, -0.05) is 6.07 Å². The Morgan fingerprint density at radius 2 is 1.75 bits per heavy atom. The minimum Gasteiger partial charge on any atom is -0.497 e. The smallest absolute Gasteiger partial charge is 0.175 e. The maximum absolute atomic E-state index is 13.4. The molecule has 2 saturated heterocycles. The lowest BCUT2D eigenvalue weighted by atomic mass is 10.0. The fourth-order valence-corrected chi connectivity index (χ4v) is 5.87. The van der Waals surface area contributed by atoms with Crippen LogP contribution in [0.2, 0.25) is 0 Å². The Morgan fingerprint density at radius 3 is 2.38 bits per heavy atom. The molecule has 0 radical (unpaired) electrons. The molecule has 6 heteroatoms. The van der Waals surface area contributed by atoms with E-state index in [-0.39, 0.29) is 0 Å². The second-order valence-corrected chi connectivity index (χ2v) is 9.94. The maximum Gasteiger partial charge on any atom is 0.175 e. The Bertz CT molecular complexity index is 594. The van der Waals surface area contributed by atoms with Gasteiger partial charge in [0.15, 0.2) is 7.29 Å². The van der Waals surface area contributed by atoms with Gasteiger partial charge in [-0.15, -0.1) is 0 Å². The molecule has 5 nitrogen and oxygen atoms in total. The minimum atomic E-state index is -2.51. The van der Waals surface area contributed by atoms with Crippen LogP contribution in [0.15, 0.2) is 24.3 Å². The van der Waals surface area contributed by atoms with Gasteiger partial charge in [0.1, 0.15) is 5.75 Å². The summed E-state index contributed by atoms with van der Waals surface area (Å²) in [6, 6.07) is 8.38. The van der Waals surface area contributed by atoms with E-state index in [0.717, 1.165) is 50.1 Å². The van der Waals surface area contributed by atoms with Crippen LogP contribution in [0.25, 0.3) is 0 Å². The summed E-state index contributed by atoms with van der Waals surface area (Å²) >= 11 is 0. The van der Waals surface area contributed by atoms with E-state index in [1.165, 1.54) is 13.1 Å². The number of rotatable bonds is 4. The fraction of sp³-hybridized carbons (Fsp3) is 0.667. The van der Waals surface area contributed by atoms with Gasteiger partial charge in [-0.2, -0.15) is 0 Å². The second kappa shape index (κ2) is 7.57. The number of hydrogen-bond acceptors (Lipinski definition) is 4. The highest BCUT2D eigenvalue weighted by atomic mass is 31.2. The molecule has 2 heterocycles. The summed E-state index contributed by atoms with van der Waals surface area (Å²) in [6.07, 6.45) is 2.23. The Balaban J connectivity index is 1.62. The van der Waals surface area contributed by atoms with Gasteiger partial charge in [0.25, 0.3) is 0 Å². The molecular weight excluding hydrogens is 321 g/mol. The normalized spacial score (nSPS) is 24.6. The van der Waals surface area contributed by atoms with Gasteiger partial charge in [0, 0.05) is 57.3 Å². The van der Waals surface area contributed by atoms with Crippen molar-refractivity contribution in [3.05, 3.63) is 24.3 Å². The summed E-state index contributed by atoms with van der Waals surface area (Å²) in [6.45, 7) is 8.40. The van der Waals surface area contributed by atoms with Crippen LogP contribution >= 0.6 is 7.29 Å². The van der Waals surface area contributed by atoms with E-state index in [4.69, 9.17) is 4.74 Å². The van der Waals surface area contributed by atoms with Crippen LogP contribution < -0.4 is 10.0 Å². The first-order valence-electron chi connectivity index (χ1n) is 8.91. The molecule has 0 aromatic heterocycles. The van der Waals surface area contributed by atoms with Crippen LogP contribution in [0.5, 0.6) is 5.75 Å². The van der Waals surface area contributed by atoms with E-state index in [1.807, 2.05) is 30.9 Å². The highest BCUT2D eigenvalue weighted by Crippen LogP contribution is 2.46. The van der Waals surface area contributed by atoms with Crippen molar-refractivity contribution < 1.29 is 9.30 Å². The molecule has 1 aromatic carbocycles. The van der Waals surface area contributed by atoms with Gasteiger partial charge >= 0.3 is 0 Å². The van der Waals surface area contributed by atoms with E-state index >= 15 is 0 Å². The first kappa shape index (κ1) is 17.9. The number of nitrogens with zero attached hydrogens (tertiary/aromatic N) is 3. The number of benzene rings is 1. The molecule has 0 N–H and O–H groups in total. The van der Waals surface area contributed by atoms with Crippen molar-refractivity contribution in [2.45, 2.75) is 18.9 Å². The Kier molecular flexibility index (Phi) is 5.66. The summed E-state index contributed by atoms with van der Waals surface area (Å²) in [5.41, 5.74) is 0. The van der Waals surface area contributed by atoms with Crippen molar-refractivity contribution in [3.8, 4) is 5.75 Å². The molecule has 1 unspecified atom stereocenters. The zero-order valence-corrected chi connectivity index (χ0v) is 16.0. The molecular formula is C18H30N3O2P. The standard InChI is InChI=1S/C18H30N3O2P/c1-19-11-13-20(14-12-19)16-7-9-21(10-8-16)24(3,22)18-6-4-5-17(15-18)23-2/h4-6,15-16H,7-14H2,1-3H3. The first-order valence-corrected chi connectivity index (χ1v) is 11.0. The van der Waals surface area contributed by atoms with Gasteiger partial charge in [-0.3, -0.25) is 4.90 Å². The van der Waals surface area contributed by atoms with Crippen molar-refractivity contribution >= 4 is 12.6 Å². The van der Waals surface area contributed by atoms with Gasteiger partial charge in [-0.25, -0.2) is 4.67 Å². The van der Waals surface area contributed by atoms with Crippen molar-refractivity contribution in [2.24, 2.45) is 0 Å². The average Bonchev–Trinajstić information content (AvgIpc) is 2.62. The number of hydrogen-bond donors (Lipinski definition) is 0. The van der Waals surface area contributed by atoms with Gasteiger partial charge < -0.3 is 14.2 Å². The molecule has 0 aliphatic carbocycles. The SMILES string of the molecule is COc1cccc(P(C)(=O)N2CCC(N3CCN(C)CC3)CC2)c1. The predicted molar refractivity (Wildman–Crippen MR) is 99.8 cm³/mol. The lowest BCUT2D eigenvalue weighted by Crippen LogP contribution is -2.52. The summed E-state index contributed by atoms with van der Waals surface area (Å²) in [5.74, 6) is 0.780. The van der Waals surface area contributed by atoms with Gasteiger partial charge in [0.2, 0.25) is 0 Å². The molecule has 1 atom stereocenters. The molecule has 0 spiro atoms. The molecule has 0 amide bonds. The fourth-order valence-electron chi connectivity index (χ4n) is 3.82. The van der Waals surface area contributed by atoms with Crippen LogP contribution in [0.3, 0.4) is 0 Å². The Labute approximate surface area is 146 Å². The molecule has 24 heavy (non-hydrogen) atoms. The van der Waals surface area contributed by atoms with E-state index in [2.05, 4.69) is 21.5 Å².